The minimum absolute atomic E-state index is 0.0151. The highest BCUT2D eigenvalue weighted by Crippen LogP contribution is 2.26. The number of piperazine rings is 1. The summed E-state index contributed by atoms with van der Waals surface area (Å²) in [5.74, 6) is -2.13. The number of ether oxygens (including phenoxy) is 2. The van der Waals surface area contributed by atoms with Crippen LogP contribution in [0.2, 0.25) is 0 Å². The Morgan fingerprint density at radius 3 is 2.54 bits per heavy atom. The largest absolute Gasteiger partial charge is 0.475 e. The molecule has 15 heteroatoms. The summed E-state index contributed by atoms with van der Waals surface area (Å²) in [5, 5.41) is 9.10. The van der Waals surface area contributed by atoms with E-state index >= 15 is 0 Å². The molecule has 1 aliphatic heterocycles. The molecule has 204 valence electrons. The Kier molecular flexibility index (Phi) is 9.50. The van der Waals surface area contributed by atoms with E-state index in [0.717, 1.165) is 17.8 Å². The lowest BCUT2D eigenvalue weighted by atomic mass is 10.2. The van der Waals surface area contributed by atoms with Crippen molar-refractivity contribution in [2.45, 2.75) is 37.3 Å². The fraction of sp³-hybridized carbons (Fsp3) is 0.500. The second-order valence-electron chi connectivity index (χ2n) is 8.92. The molecule has 0 bridgehead atoms. The van der Waals surface area contributed by atoms with Crippen molar-refractivity contribution in [1.29, 1.82) is 0 Å². The first-order valence-electron chi connectivity index (χ1n) is 11.3. The average molecular weight is 562 g/mol. The maximum Gasteiger partial charge on any atom is 0.410 e. The summed E-state index contributed by atoms with van der Waals surface area (Å²) in [6.45, 7) is 5.20. The van der Waals surface area contributed by atoms with Gasteiger partial charge in [0.15, 0.2) is 16.8 Å². The zero-order chi connectivity index (χ0) is 27.2. The lowest BCUT2D eigenvalue weighted by Gasteiger charge is -2.34. The Bertz CT molecular complexity index is 1200. The van der Waals surface area contributed by atoms with E-state index in [-0.39, 0.29) is 67.6 Å². The summed E-state index contributed by atoms with van der Waals surface area (Å²) >= 11 is 0.950. The van der Waals surface area contributed by atoms with Gasteiger partial charge in [0.05, 0.1) is 6.61 Å². The van der Waals surface area contributed by atoms with Crippen molar-refractivity contribution in [2.24, 2.45) is 0 Å². The van der Waals surface area contributed by atoms with Gasteiger partial charge >= 0.3 is 16.3 Å². The number of carbonyl (C=O) groups excluding carboxylic acids is 1. The lowest BCUT2D eigenvalue weighted by molar-refractivity contribution is 0.0193. The topological polar surface area (TPSA) is 134 Å². The maximum absolute atomic E-state index is 14.0. The average Bonchev–Trinajstić information content (AvgIpc) is 2.82. The number of rotatable bonds is 9. The van der Waals surface area contributed by atoms with Crippen LogP contribution < -0.4 is 9.46 Å². The van der Waals surface area contributed by atoms with Gasteiger partial charge in [0, 0.05) is 43.6 Å². The molecule has 0 spiro atoms. The number of amides is 1. The number of halogens is 2. The molecule has 0 radical (unpaired) electrons. The van der Waals surface area contributed by atoms with Crippen molar-refractivity contribution in [2.75, 3.05) is 44.1 Å². The molecule has 1 amide bonds. The van der Waals surface area contributed by atoms with E-state index in [9.17, 15) is 22.0 Å². The SMILES string of the molecule is CC(C)(C)OC(=O)N1CCN(S(=O)(=O)Nc2cc(OCCO)nc(SCc3cccc(F)c3F)n2)CC1. The molecule has 11 nitrogen and oxygen atoms in total. The fourth-order valence-electron chi connectivity index (χ4n) is 3.18. The first kappa shape index (κ1) is 28.8. The number of hydrogen-bond donors (Lipinski definition) is 2. The minimum atomic E-state index is -4.06. The van der Waals surface area contributed by atoms with Crippen molar-refractivity contribution in [3.8, 4) is 5.88 Å². The fourth-order valence-corrected chi connectivity index (χ4v) is 5.15. The molecule has 1 saturated heterocycles. The maximum atomic E-state index is 14.0. The van der Waals surface area contributed by atoms with E-state index in [4.69, 9.17) is 14.6 Å². The summed E-state index contributed by atoms with van der Waals surface area (Å²) in [5.41, 5.74) is -0.582. The predicted molar refractivity (Wildman–Crippen MR) is 132 cm³/mol. The normalized spacial score (nSPS) is 14.9. The monoisotopic (exact) mass is 561 g/mol. The highest BCUT2D eigenvalue weighted by atomic mass is 32.2. The molecule has 2 aromatic rings. The number of anilines is 1. The van der Waals surface area contributed by atoms with Gasteiger partial charge in [-0.15, -0.1) is 0 Å². The van der Waals surface area contributed by atoms with Gasteiger partial charge in [0.1, 0.15) is 18.0 Å². The number of aromatic nitrogens is 2. The summed E-state index contributed by atoms with van der Waals surface area (Å²) in [4.78, 5) is 22.0. The number of benzene rings is 1. The molecule has 2 heterocycles. The Morgan fingerprint density at radius 2 is 1.89 bits per heavy atom. The van der Waals surface area contributed by atoms with Crippen molar-refractivity contribution in [3.63, 3.8) is 0 Å². The lowest BCUT2D eigenvalue weighted by Crippen LogP contribution is -2.52. The van der Waals surface area contributed by atoms with Gasteiger partial charge in [-0.05, 0) is 26.8 Å². The van der Waals surface area contributed by atoms with E-state index in [2.05, 4.69) is 14.7 Å². The molecule has 1 aromatic carbocycles. The van der Waals surface area contributed by atoms with Crippen molar-refractivity contribution in [1.82, 2.24) is 19.2 Å². The van der Waals surface area contributed by atoms with Crippen LogP contribution in [-0.2, 0) is 20.7 Å². The second kappa shape index (κ2) is 12.2. The van der Waals surface area contributed by atoms with Gasteiger partial charge < -0.3 is 19.5 Å². The number of nitrogens with zero attached hydrogens (tertiary/aromatic N) is 4. The summed E-state index contributed by atoms with van der Waals surface area (Å²) in [6, 6.07) is 5.04. The molecule has 0 saturated carbocycles. The van der Waals surface area contributed by atoms with Gasteiger partial charge in [0.2, 0.25) is 5.88 Å². The highest BCUT2D eigenvalue weighted by Gasteiger charge is 2.31. The van der Waals surface area contributed by atoms with Gasteiger partial charge in [0.25, 0.3) is 0 Å². The van der Waals surface area contributed by atoms with Crippen LogP contribution >= 0.6 is 11.8 Å². The van der Waals surface area contributed by atoms with Crippen LogP contribution in [-0.4, -0.2) is 83.8 Å². The Morgan fingerprint density at radius 1 is 1.19 bits per heavy atom. The van der Waals surface area contributed by atoms with Crippen LogP contribution in [0, 0.1) is 11.6 Å². The third-order valence-corrected chi connectivity index (χ3v) is 7.28. The van der Waals surface area contributed by atoms with Gasteiger partial charge in [-0.2, -0.15) is 17.7 Å². The molecule has 1 fully saturated rings. The Labute approximate surface area is 218 Å². The summed E-state index contributed by atoms with van der Waals surface area (Å²) in [7, 11) is -4.06. The highest BCUT2D eigenvalue weighted by molar-refractivity contribution is 7.98. The number of carbonyl (C=O) groups is 1. The number of nitrogens with one attached hydrogen (secondary N) is 1. The first-order valence-corrected chi connectivity index (χ1v) is 13.7. The molecule has 0 unspecified atom stereocenters. The van der Waals surface area contributed by atoms with Crippen LogP contribution in [0.1, 0.15) is 26.3 Å². The smallest absolute Gasteiger partial charge is 0.410 e. The van der Waals surface area contributed by atoms with Crippen LogP contribution in [0.5, 0.6) is 5.88 Å². The molecule has 3 rings (SSSR count). The van der Waals surface area contributed by atoms with Crippen LogP contribution in [0.3, 0.4) is 0 Å². The van der Waals surface area contributed by atoms with Gasteiger partial charge in [-0.25, -0.2) is 18.6 Å². The molecule has 37 heavy (non-hydrogen) atoms. The van der Waals surface area contributed by atoms with E-state index in [1.54, 1.807) is 20.8 Å². The summed E-state index contributed by atoms with van der Waals surface area (Å²) < 4.78 is 67.7. The third-order valence-electron chi connectivity index (χ3n) is 4.88. The second-order valence-corrected chi connectivity index (χ2v) is 11.5. The van der Waals surface area contributed by atoms with Crippen LogP contribution in [0.4, 0.5) is 19.4 Å². The van der Waals surface area contributed by atoms with E-state index in [1.807, 2.05) is 0 Å². The first-order chi connectivity index (χ1) is 17.4. The van der Waals surface area contributed by atoms with Crippen LogP contribution in [0.25, 0.3) is 0 Å². The Balaban J connectivity index is 1.70. The number of aliphatic hydroxyl groups is 1. The number of hydrogen-bond acceptors (Lipinski definition) is 9. The zero-order valence-electron chi connectivity index (χ0n) is 20.6. The molecule has 0 atom stereocenters. The van der Waals surface area contributed by atoms with Gasteiger partial charge in [-0.1, -0.05) is 23.9 Å². The Hall–Kier alpha value is -2.75. The van der Waals surface area contributed by atoms with Gasteiger partial charge in [-0.3, -0.25) is 4.72 Å². The van der Waals surface area contributed by atoms with E-state index < -0.39 is 33.5 Å². The minimum Gasteiger partial charge on any atom is -0.475 e. The van der Waals surface area contributed by atoms with E-state index in [1.165, 1.54) is 27.4 Å². The number of aliphatic hydroxyl groups excluding tert-OH is 1. The molecular formula is C22H29F2N5O6S2. The van der Waals surface area contributed by atoms with Crippen molar-refractivity contribution in [3.05, 3.63) is 41.5 Å². The van der Waals surface area contributed by atoms with Crippen LogP contribution in [0.15, 0.2) is 29.4 Å². The number of thioether (sulfide) groups is 1. The standard InChI is InChI=1S/C22H29F2N5O6S2/c1-22(2,3)35-21(31)28-7-9-29(10-8-28)37(32,33)27-17-13-18(34-12-11-30)26-20(25-17)36-14-15-5-4-6-16(23)19(15)24/h4-6,13,30H,7-12,14H2,1-3H3,(H,25,26,27). The molecule has 1 aromatic heterocycles. The molecule has 0 aliphatic carbocycles. The third kappa shape index (κ3) is 8.38. The van der Waals surface area contributed by atoms with Crippen molar-refractivity contribution >= 4 is 33.9 Å². The summed E-state index contributed by atoms with van der Waals surface area (Å²) in [6.07, 6.45) is -0.518. The molecule has 1 aliphatic rings. The molecular weight excluding hydrogens is 532 g/mol. The zero-order valence-corrected chi connectivity index (χ0v) is 22.2. The molecule has 2 N–H and O–H groups in total. The van der Waals surface area contributed by atoms with Crippen molar-refractivity contribution < 1.29 is 36.6 Å². The quantitative estimate of drug-likeness (QED) is 0.350. The predicted octanol–water partition coefficient (Wildman–Crippen LogP) is 2.63. The van der Waals surface area contributed by atoms with E-state index in [0.29, 0.717) is 0 Å².